The highest BCUT2D eigenvalue weighted by molar-refractivity contribution is 8.18. The predicted octanol–water partition coefficient (Wildman–Crippen LogP) is 6.71. The second-order valence-electron chi connectivity index (χ2n) is 9.06. The van der Waals surface area contributed by atoms with E-state index in [0.717, 1.165) is 50.5 Å². The molecule has 3 amide bonds. The number of nitrogens with zero attached hydrogens (tertiary/aromatic N) is 1. The molecule has 1 aliphatic heterocycles. The van der Waals surface area contributed by atoms with Crippen LogP contribution in [0, 0.1) is 13.8 Å². The van der Waals surface area contributed by atoms with E-state index in [4.69, 9.17) is 4.74 Å². The Labute approximate surface area is 225 Å². The first-order valence-electron chi connectivity index (χ1n) is 12.2. The minimum absolute atomic E-state index is 0.125. The molecular formula is C31H26N2O4S. The molecule has 0 aromatic heterocycles. The van der Waals surface area contributed by atoms with Crippen molar-refractivity contribution < 1.29 is 19.1 Å². The summed E-state index contributed by atoms with van der Waals surface area (Å²) in [5.74, 6) is -0.0265. The van der Waals surface area contributed by atoms with Crippen LogP contribution in [-0.4, -0.2) is 28.6 Å². The lowest BCUT2D eigenvalue weighted by atomic mass is 10.0. The minimum atomic E-state index is -0.309. The fourth-order valence-corrected chi connectivity index (χ4v) is 5.11. The number of aryl methyl sites for hydroxylation is 1. The smallest absolute Gasteiger partial charge is 0.293 e. The molecule has 5 rings (SSSR count). The third-order valence-electron chi connectivity index (χ3n) is 6.51. The van der Waals surface area contributed by atoms with Gasteiger partial charge in [0.1, 0.15) is 5.75 Å². The van der Waals surface area contributed by atoms with Crippen molar-refractivity contribution in [1.82, 2.24) is 4.90 Å². The first-order chi connectivity index (χ1) is 18.4. The van der Waals surface area contributed by atoms with Crippen molar-refractivity contribution in [2.75, 3.05) is 11.9 Å². The molecule has 0 radical (unpaired) electrons. The first kappa shape index (κ1) is 25.3. The monoisotopic (exact) mass is 522 g/mol. The van der Waals surface area contributed by atoms with E-state index in [1.165, 1.54) is 4.90 Å². The lowest BCUT2D eigenvalue weighted by molar-refractivity contribution is -0.123. The molecule has 190 valence electrons. The fraction of sp³-hybridized carbons (Fsp3) is 0.129. The van der Waals surface area contributed by atoms with Crippen molar-refractivity contribution in [3.8, 4) is 5.75 Å². The van der Waals surface area contributed by atoms with Gasteiger partial charge in [-0.1, -0.05) is 66.7 Å². The Morgan fingerprint density at radius 1 is 0.921 bits per heavy atom. The molecular weight excluding hydrogens is 496 g/mol. The van der Waals surface area contributed by atoms with Crippen LogP contribution in [0.1, 0.15) is 22.3 Å². The Hall–Kier alpha value is -4.36. The van der Waals surface area contributed by atoms with E-state index in [1.807, 2.05) is 74.5 Å². The number of carbonyl (C=O) groups excluding carboxylic acids is 3. The van der Waals surface area contributed by atoms with Crippen LogP contribution in [0.15, 0.2) is 89.8 Å². The second kappa shape index (κ2) is 10.9. The summed E-state index contributed by atoms with van der Waals surface area (Å²) in [7, 11) is 0. The number of carbonyl (C=O) groups is 3. The number of hydrogen-bond donors (Lipinski definition) is 1. The van der Waals surface area contributed by atoms with Gasteiger partial charge in [0, 0.05) is 5.69 Å². The van der Waals surface area contributed by atoms with Gasteiger partial charge in [-0.05, 0) is 82.9 Å². The van der Waals surface area contributed by atoms with Crippen LogP contribution in [0.25, 0.3) is 16.8 Å². The van der Waals surface area contributed by atoms with Gasteiger partial charge in [-0.3, -0.25) is 19.3 Å². The van der Waals surface area contributed by atoms with Crippen molar-refractivity contribution in [2.24, 2.45) is 0 Å². The van der Waals surface area contributed by atoms with Gasteiger partial charge in [-0.25, -0.2) is 0 Å². The summed E-state index contributed by atoms with van der Waals surface area (Å²) in [6.45, 7) is 4.05. The van der Waals surface area contributed by atoms with Gasteiger partial charge in [0.25, 0.3) is 17.1 Å². The summed E-state index contributed by atoms with van der Waals surface area (Å²) >= 11 is 0.937. The van der Waals surface area contributed by atoms with Gasteiger partial charge in [0.05, 0.1) is 11.4 Å². The number of imide groups is 1. The molecule has 1 saturated heterocycles. The van der Waals surface area contributed by atoms with Crippen molar-refractivity contribution in [2.45, 2.75) is 20.4 Å². The molecule has 4 aromatic rings. The van der Waals surface area contributed by atoms with Gasteiger partial charge >= 0.3 is 0 Å². The van der Waals surface area contributed by atoms with E-state index >= 15 is 0 Å². The molecule has 1 N–H and O–H groups in total. The summed E-state index contributed by atoms with van der Waals surface area (Å²) in [4.78, 5) is 39.7. The molecule has 1 heterocycles. The first-order valence-corrected chi connectivity index (χ1v) is 13.0. The number of benzene rings is 4. The number of nitrogens with one attached hydrogen (secondary N) is 1. The number of fused-ring (bicyclic) bond motifs is 1. The molecule has 38 heavy (non-hydrogen) atoms. The Bertz CT molecular complexity index is 1570. The largest absolute Gasteiger partial charge is 0.484 e. The normalized spacial score (nSPS) is 14.4. The summed E-state index contributed by atoms with van der Waals surface area (Å²) in [6, 6.07) is 26.6. The summed E-state index contributed by atoms with van der Waals surface area (Å²) in [6.07, 6.45) is 1.70. The van der Waals surface area contributed by atoms with Crippen molar-refractivity contribution in [3.05, 3.63) is 112 Å². The summed E-state index contributed by atoms with van der Waals surface area (Å²) < 4.78 is 5.62. The van der Waals surface area contributed by atoms with Crippen LogP contribution in [0.2, 0.25) is 0 Å². The highest BCUT2D eigenvalue weighted by atomic mass is 32.2. The Morgan fingerprint density at radius 2 is 1.66 bits per heavy atom. The molecule has 0 spiro atoms. The third kappa shape index (κ3) is 5.48. The Morgan fingerprint density at radius 3 is 2.47 bits per heavy atom. The highest BCUT2D eigenvalue weighted by Crippen LogP contribution is 2.34. The number of thioether (sulfide) groups is 1. The predicted molar refractivity (Wildman–Crippen MR) is 152 cm³/mol. The van der Waals surface area contributed by atoms with Gasteiger partial charge in [0.15, 0.2) is 6.61 Å². The fourth-order valence-electron chi connectivity index (χ4n) is 4.27. The van der Waals surface area contributed by atoms with Crippen molar-refractivity contribution >= 4 is 51.4 Å². The van der Waals surface area contributed by atoms with Gasteiger partial charge in [-0.2, -0.15) is 0 Å². The van der Waals surface area contributed by atoms with Crippen LogP contribution >= 0.6 is 11.8 Å². The zero-order valence-electron chi connectivity index (χ0n) is 21.1. The lowest BCUT2D eigenvalue weighted by Gasteiger charge is -2.14. The molecule has 0 unspecified atom stereocenters. The van der Waals surface area contributed by atoms with E-state index in [9.17, 15) is 14.4 Å². The van der Waals surface area contributed by atoms with E-state index in [-0.39, 0.29) is 30.2 Å². The average Bonchev–Trinajstić information content (AvgIpc) is 3.18. The number of amides is 3. The van der Waals surface area contributed by atoms with Crippen molar-refractivity contribution in [3.63, 3.8) is 0 Å². The van der Waals surface area contributed by atoms with E-state index in [1.54, 1.807) is 30.3 Å². The van der Waals surface area contributed by atoms with E-state index in [2.05, 4.69) is 5.32 Å². The van der Waals surface area contributed by atoms with Crippen LogP contribution in [0.4, 0.5) is 10.5 Å². The molecule has 4 aromatic carbocycles. The summed E-state index contributed by atoms with van der Waals surface area (Å²) in [5, 5.41) is 4.67. The second-order valence-corrected chi connectivity index (χ2v) is 10.1. The SMILES string of the molecule is Cc1cccc(NC(=O)COc2ccc(/C=C3\SC(=O)N(Cc4cccc5ccccc45)C3=O)cc2)c1C. The van der Waals surface area contributed by atoms with Crippen LogP contribution in [0.5, 0.6) is 5.75 Å². The zero-order chi connectivity index (χ0) is 26.6. The van der Waals surface area contributed by atoms with Gasteiger partial charge in [-0.15, -0.1) is 0 Å². The maximum atomic E-state index is 13.0. The van der Waals surface area contributed by atoms with Crippen LogP contribution in [-0.2, 0) is 16.1 Å². The molecule has 0 bridgehead atoms. The quantitative estimate of drug-likeness (QED) is 0.273. The molecule has 0 saturated carbocycles. The van der Waals surface area contributed by atoms with Gasteiger partial charge < -0.3 is 10.1 Å². The maximum Gasteiger partial charge on any atom is 0.293 e. The van der Waals surface area contributed by atoms with Crippen LogP contribution < -0.4 is 10.1 Å². The molecule has 1 fully saturated rings. The lowest BCUT2D eigenvalue weighted by Crippen LogP contribution is -2.27. The number of rotatable bonds is 7. The molecule has 0 atom stereocenters. The number of hydrogen-bond acceptors (Lipinski definition) is 5. The van der Waals surface area contributed by atoms with Crippen LogP contribution in [0.3, 0.4) is 0 Å². The summed E-state index contributed by atoms with van der Waals surface area (Å²) in [5.41, 5.74) is 4.57. The van der Waals surface area contributed by atoms with E-state index < -0.39 is 0 Å². The standard InChI is InChI=1S/C31H26N2O4S/c1-20-7-5-12-27(21(20)2)32-29(34)19-37-25-15-13-22(14-16-25)17-28-30(35)33(31(36)38-28)18-24-10-6-9-23-8-3-4-11-26(23)24/h3-17H,18-19H2,1-2H3,(H,32,34)/b28-17-. The Kier molecular flexibility index (Phi) is 7.29. The Balaban J connectivity index is 1.21. The minimum Gasteiger partial charge on any atom is -0.484 e. The van der Waals surface area contributed by atoms with Gasteiger partial charge in [0.2, 0.25) is 0 Å². The highest BCUT2D eigenvalue weighted by Gasteiger charge is 2.35. The third-order valence-corrected chi connectivity index (χ3v) is 7.42. The maximum absolute atomic E-state index is 13.0. The average molecular weight is 523 g/mol. The number of anilines is 1. The zero-order valence-corrected chi connectivity index (χ0v) is 21.9. The topological polar surface area (TPSA) is 75.7 Å². The van der Waals surface area contributed by atoms with E-state index in [0.29, 0.717) is 10.7 Å². The molecule has 0 aliphatic carbocycles. The molecule has 6 nitrogen and oxygen atoms in total. The van der Waals surface area contributed by atoms with Crippen molar-refractivity contribution in [1.29, 1.82) is 0 Å². The molecule has 1 aliphatic rings. The molecule has 7 heteroatoms. The number of ether oxygens (including phenoxy) is 1.